The number of unbranched alkanes of at least 4 members (excludes halogenated alkanes) is 1. The minimum absolute atomic E-state index is 0.419. The van der Waals surface area contributed by atoms with Gasteiger partial charge in [-0.05, 0) is 39.9 Å². The first-order valence-corrected chi connectivity index (χ1v) is 4.74. The molecule has 14 heavy (non-hydrogen) atoms. The second kappa shape index (κ2) is 7.73. The minimum atomic E-state index is -0.595. The van der Waals surface area contributed by atoms with Gasteiger partial charge in [0.25, 0.3) is 0 Å². The van der Waals surface area contributed by atoms with Crippen molar-refractivity contribution in [2.75, 3.05) is 27.7 Å². The summed E-state index contributed by atoms with van der Waals surface area (Å²) in [5, 5.41) is 8.67. The van der Waals surface area contributed by atoms with Crippen LogP contribution in [0.5, 0.6) is 0 Å². The molecule has 0 aliphatic rings. The molecule has 0 saturated carbocycles. The van der Waals surface area contributed by atoms with E-state index in [1.165, 1.54) is 7.11 Å². The van der Waals surface area contributed by atoms with Gasteiger partial charge in [-0.15, -0.1) is 0 Å². The van der Waals surface area contributed by atoms with Crippen LogP contribution in [0.25, 0.3) is 0 Å². The maximum atomic E-state index is 11.0. The maximum Gasteiger partial charge on any atom is 0.325 e. The van der Waals surface area contributed by atoms with Gasteiger partial charge in [-0.2, -0.15) is 5.48 Å². The van der Waals surface area contributed by atoms with Gasteiger partial charge in [0.1, 0.15) is 6.04 Å². The molecular formula is C9H20N2O3. The third-order valence-electron chi connectivity index (χ3n) is 1.99. The summed E-state index contributed by atoms with van der Waals surface area (Å²) in [6.45, 7) is 0.985. The maximum absolute atomic E-state index is 11.0. The van der Waals surface area contributed by atoms with Crippen molar-refractivity contribution in [2.24, 2.45) is 0 Å². The van der Waals surface area contributed by atoms with Crippen molar-refractivity contribution in [3.63, 3.8) is 0 Å². The number of nitrogens with one attached hydrogen (secondary N) is 1. The Balaban J connectivity index is 3.58. The lowest BCUT2D eigenvalue weighted by molar-refractivity contribution is -0.146. The van der Waals surface area contributed by atoms with E-state index in [2.05, 4.69) is 9.64 Å². The minimum Gasteiger partial charge on any atom is -0.468 e. The summed E-state index contributed by atoms with van der Waals surface area (Å²) < 4.78 is 4.51. The van der Waals surface area contributed by atoms with Crippen LogP contribution in [0.1, 0.15) is 19.3 Å². The van der Waals surface area contributed by atoms with Crippen LogP contribution >= 0.6 is 0 Å². The molecule has 0 heterocycles. The van der Waals surface area contributed by atoms with Crippen LogP contribution in [0.3, 0.4) is 0 Å². The average Bonchev–Trinajstić information content (AvgIpc) is 2.16. The van der Waals surface area contributed by atoms with Crippen molar-refractivity contribution < 1.29 is 14.7 Å². The van der Waals surface area contributed by atoms with E-state index in [1.807, 2.05) is 19.6 Å². The molecule has 0 rings (SSSR count). The number of hydrogen-bond acceptors (Lipinski definition) is 5. The third-order valence-corrected chi connectivity index (χ3v) is 1.99. The second-order valence-corrected chi connectivity index (χ2v) is 3.50. The first-order chi connectivity index (χ1) is 6.61. The van der Waals surface area contributed by atoms with Gasteiger partial charge in [0, 0.05) is 0 Å². The van der Waals surface area contributed by atoms with Crippen LogP contribution in [0.2, 0.25) is 0 Å². The van der Waals surface area contributed by atoms with Gasteiger partial charge in [-0.3, -0.25) is 4.79 Å². The Morgan fingerprint density at radius 1 is 1.50 bits per heavy atom. The van der Waals surface area contributed by atoms with Crippen LogP contribution in [-0.4, -0.2) is 49.9 Å². The predicted octanol–water partition coefficient (Wildman–Crippen LogP) is 0.239. The largest absolute Gasteiger partial charge is 0.468 e. The van der Waals surface area contributed by atoms with Gasteiger partial charge in [-0.1, -0.05) is 0 Å². The number of hydrogen-bond donors (Lipinski definition) is 2. The second-order valence-electron chi connectivity index (χ2n) is 3.50. The first-order valence-electron chi connectivity index (χ1n) is 4.74. The molecule has 0 amide bonds. The van der Waals surface area contributed by atoms with Crippen molar-refractivity contribution in [2.45, 2.75) is 25.3 Å². The zero-order valence-corrected chi connectivity index (χ0v) is 9.12. The molecular weight excluding hydrogens is 184 g/mol. The fourth-order valence-corrected chi connectivity index (χ4v) is 1.15. The number of nitrogens with zero attached hydrogens (tertiary/aromatic N) is 1. The van der Waals surface area contributed by atoms with Crippen molar-refractivity contribution in [1.29, 1.82) is 0 Å². The number of rotatable bonds is 7. The molecule has 0 aromatic rings. The summed E-state index contributed by atoms with van der Waals surface area (Å²) in [5.74, 6) is -0.419. The molecule has 84 valence electrons. The number of hydroxylamine groups is 1. The third kappa shape index (κ3) is 5.90. The predicted molar refractivity (Wildman–Crippen MR) is 53.1 cm³/mol. The summed E-state index contributed by atoms with van der Waals surface area (Å²) in [4.78, 5) is 13.1. The summed E-state index contributed by atoms with van der Waals surface area (Å²) >= 11 is 0. The summed E-state index contributed by atoms with van der Waals surface area (Å²) in [6, 6.07) is -0.595. The highest BCUT2D eigenvalue weighted by Crippen LogP contribution is 2.02. The molecule has 0 spiro atoms. The van der Waals surface area contributed by atoms with E-state index in [1.54, 1.807) is 0 Å². The Labute approximate surface area is 85.0 Å². The molecule has 0 radical (unpaired) electrons. The van der Waals surface area contributed by atoms with E-state index in [4.69, 9.17) is 5.21 Å². The Bertz CT molecular complexity index is 162. The highest BCUT2D eigenvalue weighted by molar-refractivity contribution is 5.75. The number of esters is 1. The Morgan fingerprint density at radius 2 is 2.14 bits per heavy atom. The van der Waals surface area contributed by atoms with Crippen molar-refractivity contribution in [1.82, 2.24) is 10.4 Å². The topological polar surface area (TPSA) is 61.8 Å². The fraction of sp³-hybridized carbons (Fsp3) is 0.889. The zero-order chi connectivity index (χ0) is 11.0. The number of ether oxygens (including phenoxy) is 1. The number of methoxy groups -OCH3 is 1. The lowest BCUT2D eigenvalue weighted by Gasteiger charge is -2.13. The fourth-order valence-electron chi connectivity index (χ4n) is 1.15. The first kappa shape index (κ1) is 13.4. The lowest BCUT2D eigenvalue weighted by Crippen LogP contribution is -2.35. The van der Waals surface area contributed by atoms with Crippen molar-refractivity contribution >= 4 is 5.97 Å². The molecule has 0 aliphatic heterocycles. The quantitative estimate of drug-likeness (QED) is 0.353. The Morgan fingerprint density at radius 3 is 2.57 bits per heavy atom. The Kier molecular flexibility index (Phi) is 7.37. The van der Waals surface area contributed by atoms with E-state index in [-0.39, 0.29) is 0 Å². The van der Waals surface area contributed by atoms with E-state index in [0.717, 1.165) is 19.4 Å². The Hall–Kier alpha value is -0.650. The van der Waals surface area contributed by atoms with E-state index >= 15 is 0 Å². The normalized spacial score (nSPS) is 12.9. The monoisotopic (exact) mass is 204 g/mol. The summed E-state index contributed by atoms with van der Waals surface area (Å²) in [6.07, 6.45) is 2.48. The smallest absolute Gasteiger partial charge is 0.325 e. The van der Waals surface area contributed by atoms with Crippen LogP contribution in [0.4, 0.5) is 0 Å². The highest BCUT2D eigenvalue weighted by Gasteiger charge is 2.16. The van der Waals surface area contributed by atoms with E-state index in [9.17, 15) is 4.79 Å². The van der Waals surface area contributed by atoms with E-state index < -0.39 is 12.0 Å². The van der Waals surface area contributed by atoms with Gasteiger partial charge in [-0.25, -0.2) is 0 Å². The molecule has 5 nitrogen and oxygen atoms in total. The SMILES string of the molecule is COC(=O)[C@H](CCCCN(C)C)NO. The van der Waals surface area contributed by atoms with Gasteiger partial charge in [0.2, 0.25) is 0 Å². The molecule has 0 aromatic heterocycles. The van der Waals surface area contributed by atoms with Crippen LogP contribution in [-0.2, 0) is 9.53 Å². The highest BCUT2D eigenvalue weighted by atomic mass is 16.5. The standard InChI is InChI=1S/C9H20N2O3/c1-11(2)7-5-4-6-8(10-13)9(12)14-3/h8,10,13H,4-7H2,1-3H3/t8-/m0/s1. The van der Waals surface area contributed by atoms with Gasteiger partial charge < -0.3 is 14.8 Å². The molecule has 0 saturated heterocycles. The zero-order valence-electron chi connectivity index (χ0n) is 9.12. The number of carbonyl (C=O) groups excluding carboxylic acids is 1. The molecule has 1 atom stereocenters. The molecule has 0 unspecified atom stereocenters. The van der Waals surface area contributed by atoms with Crippen LogP contribution < -0.4 is 5.48 Å². The van der Waals surface area contributed by atoms with Crippen molar-refractivity contribution in [3.8, 4) is 0 Å². The van der Waals surface area contributed by atoms with Crippen LogP contribution in [0, 0.1) is 0 Å². The molecule has 0 aliphatic carbocycles. The van der Waals surface area contributed by atoms with Crippen LogP contribution in [0.15, 0.2) is 0 Å². The summed E-state index contributed by atoms with van der Waals surface area (Å²) in [5.41, 5.74) is 1.95. The van der Waals surface area contributed by atoms with Gasteiger partial charge in [0.05, 0.1) is 7.11 Å². The molecule has 0 aromatic carbocycles. The average molecular weight is 204 g/mol. The van der Waals surface area contributed by atoms with Gasteiger partial charge in [0.15, 0.2) is 0 Å². The summed E-state index contributed by atoms with van der Waals surface area (Å²) in [7, 11) is 5.32. The molecule has 0 fully saturated rings. The molecule has 2 N–H and O–H groups in total. The van der Waals surface area contributed by atoms with Crippen molar-refractivity contribution in [3.05, 3.63) is 0 Å². The number of carbonyl (C=O) groups is 1. The van der Waals surface area contributed by atoms with E-state index in [0.29, 0.717) is 6.42 Å². The van der Waals surface area contributed by atoms with Gasteiger partial charge >= 0.3 is 5.97 Å². The molecule has 5 heteroatoms. The lowest BCUT2D eigenvalue weighted by atomic mass is 10.1. The molecule has 0 bridgehead atoms.